The summed E-state index contributed by atoms with van der Waals surface area (Å²) in [7, 11) is 0. The molecule has 0 fully saturated rings. The van der Waals surface area contributed by atoms with Gasteiger partial charge in [0.1, 0.15) is 5.82 Å². The van der Waals surface area contributed by atoms with Crippen molar-refractivity contribution in [1.29, 1.82) is 0 Å². The average Bonchev–Trinajstić information content (AvgIpc) is 2.61. The zero-order valence-corrected chi connectivity index (χ0v) is 17.6. The van der Waals surface area contributed by atoms with Gasteiger partial charge in [-0.3, -0.25) is 4.79 Å². The van der Waals surface area contributed by atoms with Crippen LogP contribution in [0.3, 0.4) is 0 Å². The van der Waals surface area contributed by atoms with E-state index in [9.17, 15) is 18.0 Å². The van der Waals surface area contributed by atoms with Gasteiger partial charge in [0.05, 0.1) is 11.4 Å². The van der Waals surface area contributed by atoms with Crippen molar-refractivity contribution in [2.45, 2.75) is 59.7 Å². The van der Waals surface area contributed by atoms with Gasteiger partial charge in [-0.1, -0.05) is 20.8 Å². The Labute approximate surface area is 173 Å². The van der Waals surface area contributed by atoms with Gasteiger partial charge in [0, 0.05) is 37.5 Å². The number of hydrogen-bond donors (Lipinski definition) is 1. The van der Waals surface area contributed by atoms with Gasteiger partial charge < -0.3 is 10.2 Å². The summed E-state index contributed by atoms with van der Waals surface area (Å²) in [5.41, 5.74) is 3.10. The number of pyridine rings is 1. The van der Waals surface area contributed by atoms with Crippen LogP contribution >= 0.6 is 0 Å². The van der Waals surface area contributed by atoms with Crippen LogP contribution in [0, 0.1) is 12.3 Å². The van der Waals surface area contributed by atoms with E-state index in [0.29, 0.717) is 24.3 Å². The van der Waals surface area contributed by atoms with Crippen LogP contribution in [0.2, 0.25) is 0 Å². The zero-order chi connectivity index (χ0) is 22.1. The summed E-state index contributed by atoms with van der Waals surface area (Å²) in [6.07, 6.45) is -0.0922. The summed E-state index contributed by atoms with van der Waals surface area (Å²) in [6, 6.07) is 1.97. The molecule has 2 aromatic rings. The Bertz CT molecular complexity index is 920. The standard InChI is InChI=1S/C21H26F3N5O/c1-13-8-16-15(27-18(13)28-17(30)9-20(2,3)4)6-5-7-29(16)12-14-10-25-19(26-11-14)21(22,23)24/h8,10-11H,5-7,9,12H2,1-4H3,(H,27,28,30). The number of fused-ring (bicyclic) bond motifs is 1. The largest absolute Gasteiger partial charge is 0.451 e. The van der Waals surface area contributed by atoms with Gasteiger partial charge in [0.2, 0.25) is 11.7 Å². The van der Waals surface area contributed by atoms with E-state index in [1.807, 2.05) is 33.8 Å². The molecule has 162 valence electrons. The Hall–Kier alpha value is -2.71. The topological polar surface area (TPSA) is 71.0 Å². The van der Waals surface area contributed by atoms with E-state index in [1.165, 1.54) is 12.4 Å². The summed E-state index contributed by atoms with van der Waals surface area (Å²) >= 11 is 0. The molecule has 0 bridgehead atoms. The average molecular weight is 421 g/mol. The lowest BCUT2D eigenvalue weighted by molar-refractivity contribution is -0.145. The number of nitrogens with zero attached hydrogens (tertiary/aromatic N) is 4. The zero-order valence-electron chi connectivity index (χ0n) is 17.6. The predicted octanol–water partition coefficient (Wildman–Crippen LogP) is 4.53. The summed E-state index contributed by atoms with van der Waals surface area (Å²) < 4.78 is 38.0. The molecule has 0 unspecified atom stereocenters. The van der Waals surface area contributed by atoms with E-state index < -0.39 is 12.0 Å². The lowest BCUT2D eigenvalue weighted by atomic mass is 9.92. The molecule has 0 spiro atoms. The third-order valence-corrected chi connectivity index (χ3v) is 4.73. The summed E-state index contributed by atoms with van der Waals surface area (Å²) in [4.78, 5) is 25.9. The van der Waals surface area contributed by atoms with E-state index in [2.05, 4.69) is 25.2 Å². The van der Waals surface area contributed by atoms with Crippen molar-refractivity contribution in [1.82, 2.24) is 15.0 Å². The highest BCUT2D eigenvalue weighted by molar-refractivity contribution is 5.91. The molecule has 3 heterocycles. The predicted molar refractivity (Wildman–Crippen MR) is 108 cm³/mol. The van der Waals surface area contributed by atoms with Crippen LogP contribution in [0.4, 0.5) is 24.7 Å². The van der Waals surface area contributed by atoms with E-state index in [-0.39, 0.29) is 11.3 Å². The van der Waals surface area contributed by atoms with Crippen molar-refractivity contribution < 1.29 is 18.0 Å². The van der Waals surface area contributed by atoms with Gasteiger partial charge in [-0.25, -0.2) is 15.0 Å². The Morgan fingerprint density at radius 3 is 2.47 bits per heavy atom. The number of carbonyl (C=O) groups excluding carboxylic acids is 1. The third kappa shape index (κ3) is 5.46. The highest BCUT2D eigenvalue weighted by Crippen LogP contribution is 2.31. The Morgan fingerprint density at radius 1 is 1.20 bits per heavy atom. The molecule has 9 heteroatoms. The molecule has 0 saturated carbocycles. The molecule has 1 aliphatic heterocycles. The summed E-state index contributed by atoms with van der Waals surface area (Å²) in [5, 5.41) is 2.91. The van der Waals surface area contributed by atoms with Gasteiger partial charge in [0.15, 0.2) is 0 Å². The monoisotopic (exact) mass is 421 g/mol. The fourth-order valence-corrected chi connectivity index (χ4v) is 3.40. The molecule has 1 aliphatic rings. The van der Waals surface area contributed by atoms with Crippen molar-refractivity contribution in [3.05, 3.63) is 41.1 Å². The lowest BCUT2D eigenvalue weighted by Gasteiger charge is -2.31. The minimum atomic E-state index is -4.55. The van der Waals surface area contributed by atoms with Crippen LogP contribution in [0.5, 0.6) is 0 Å². The second-order valence-electron chi connectivity index (χ2n) is 8.84. The Kier molecular flexibility index (Phi) is 6.01. The molecule has 30 heavy (non-hydrogen) atoms. The highest BCUT2D eigenvalue weighted by Gasteiger charge is 2.34. The number of carbonyl (C=O) groups is 1. The van der Waals surface area contributed by atoms with Gasteiger partial charge in [0.25, 0.3) is 0 Å². The summed E-state index contributed by atoms with van der Waals surface area (Å²) in [6.45, 7) is 9.04. The molecule has 1 N–H and O–H groups in total. The first-order chi connectivity index (χ1) is 13.9. The molecule has 1 amide bonds. The van der Waals surface area contributed by atoms with Crippen LogP contribution in [0.25, 0.3) is 0 Å². The molecule has 0 saturated heterocycles. The van der Waals surface area contributed by atoms with Gasteiger partial charge >= 0.3 is 6.18 Å². The van der Waals surface area contributed by atoms with E-state index in [0.717, 1.165) is 36.3 Å². The first-order valence-corrected chi connectivity index (χ1v) is 9.86. The maximum absolute atomic E-state index is 12.7. The minimum absolute atomic E-state index is 0.0763. The molecule has 0 aliphatic carbocycles. The van der Waals surface area contributed by atoms with E-state index >= 15 is 0 Å². The summed E-state index contributed by atoms with van der Waals surface area (Å²) in [5.74, 6) is -0.659. The molecular formula is C21H26F3N5O. The number of halogens is 3. The number of alkyl halides is 3. The van der Waals surface area contributed by atoms with Crippen LogP contribution in [-0.2, 0) is 23.9 Å². The number of amides is 1. The maximum atomic E-state index is 12.7. The molecule has 2 aromatic heterocycles. The second-order valence-corrected chi connectivity index (χ2v) is 8.84. The first kappa shape index (κ1) is 22.0. The van der Waals surface area contributed by atoms with E-state index in [4.69, 9.17) is 0 Å². The molecule has 6 nitrogen and oxygen atoms in total. The molecule has 3 rings (SSSR count). The SMILES string of the molecule is Cc1cc2c(nc1NC(=O)CC(C)(C)C)CCCN2Cc1cnc(C(F)(F)F)nc1. The number of anilines is 2. The van der Waals surface area contributed by atoms with Crippen LogP contribution in [0.15, 0.2) is 18.5 Å². The normalized spacial score (nSPS) is 14.4. The van der Waals surface area contributed by atoms with Crippen molar-refractivity contribution in [3.8, 4) is 0 Å². The minimum Gasteiger partial charge on any atom is -0.366 e. The second kappa shape index (κ2) is 8.20. The highest BCUT2D eigenvalue weighted by atomic mass is 19.4. The van der Waals surface area contributed by atoms with Crippen LogP contribution in [-0.4, -0.2) is 27.4 Å². The Morgan fingerprint density at radius 2 is 1.87 bits per heavy atom. The molecule has 0 aromatic carbocycles. The van der Waals surface area contributed by atoms with Gasteiger partial charge in [-0.15, -0.1) is 0 Å². The smallest absolute Gasteiger partial charge is 0.366 e. The third-order valence-electron chi connectivity index (χ3n) is 4.73. The van der Waals surface area contributed by atoms with Gasteiger partial charge in [-0.2, -0.15) is 13.2 Å². The molecule has 0 atom stereocenters. The molecular weight excluding hydrogens is 395 g/mol. The quantitative estimate of drug-likeness (QED) is 0.786. The number of nitrogens with one attached hydrogen (secondary N) is 1. The van der Waals surface area contributed by atoms with Crippen LogP contribution < -0.4 is 10.2 Å². The number of aryl methyl sites for hydroxylation is 2. The first-order valence-electron chi connectivity index (χ1n) is 9.86. The fraction of sp³-hybridized carbons (Fsp3) is 0.524. The Balaban J connectivity index is 1.77. The number of aromatic nitrogens is 3. The van der Waals surface area contributed by atoms with Crippen molar-refractivity contribution in [2.24, 2.45) is 5.41 Å². The van der Waals surface area contributed by atoms with Gasteiger partial charge in [-0.05, 0) is 36.8 Å². The van der Waals surface area contributed by atoms with E-state index in [1.54, 1.807) is 0 Å². The number of rotatable bonds is 4. The lowest BCUT2D eigenvalue weighted by Crippen LogP contribution is -2.30. The van der Waals surface area contributed by atoms with Crippen LogP contribution in [0.1, 0.15) is 56.3 Å². The van der Waals surface area contributed by atoms with Crippen molar-refractivity contribution in [3.63, 3.8) is 0 Å². The van der Waals surface area contributed by atoms with Crippen molar-refractivity contribution in [2.75, 3.05) is 16.8 Å². The number of hydrogen-bond acceptors (Lipinski definition) is 5. The molecule has 0 radical (unpaired) electrons. The van der Waals surface area contributed by atoms with Crippen molar-refractivity contribution >= 4 is 17.4 Å². The maximum Gasteiger partial charge on any atom is 0.451 e. The fourth-order valence-electron chi connectivity index (χ4n) is 3.40.